The molecule has 0 nitrogen and oxygen atoms in total. The summed E-state index contributed by atoms with van der Waals surface area (Å²) in [6.07, 6.45) is 14.8. The molecule has 4 atom stereocenters. The van der Waals surface area contributed by atoms with E-state index in [4.69, 9.17) is 0 Å². The summed E-state index contributed by atoms with van der Waals surface area (Å²) < 4.78 is 29.4. The number of halogens is 2. The molecule has 0 aliphatic heterocycles. The van der Waals surface area contributed by atoms with Gasteiger partial charge in [0.05, 0.1) is 0 Å². The number of allylic oxidation sites excluding steroid dienone is 1. The Bertz CT molecular complexity index is 884. The van der Waals surface area contributed by atoms with Gasteiger partial charge in [-0.15, -0.1) is 6.58 Å². The molecule has 0 amide bonds. The highest BCUT2D eigenvalue weighted by Gasteiger charge is 2.35. The van der Waals surface area contributed by atoms with E-state index in [1.165, 1.54) is 69.4 Å². The molecule has 30 heavy (non-hydrogen) atoms. The van der Waals surface area contributed by atoms with Crippen molar-refractivity contribution < 1.29 is 8.78 Å². The van der Waals surface area contributed by atoms with Gasteiger partial charge in [-0.3, -0.25) is 0 Å². The lowest BCUT2D eigenvalue weighted by atomic mass is 9.63. The minimum atomic E-state index is -0.423. The summed E-state index contributed by atoms with van der Waals surface area (Å²) >= 11 is 0. The van der Waals surface area contributed by atoms with Crippen LogP contribution in [0.15, 0.2) is 36.9 Å². The van der Waals surface area contributed by atoms with Gasteiger partial charge in [0, 0.05) is 10.9 Å². The highest BCUT2D eigenvalue weighted by molar-refractivity contribution is 5.85. The van der Waals surface area contributed by atoms with E-state index in [1.54, 1.807) is 6.08 Å². The standard InChI is InChI=1S/C28H36F2/c1-3-5-7-19-9-10-21-16-22(12-11-20(21)15-19)23-13-14-25-24(17-23)18-27(29)26(28(25)30)8-6-4-2/h4,13-14,17-22H,2-3,5-12,15-16H2,1H3. The third kappa shape index (κ3) is 4.48. The second-order valence-corrected chi connectivity index (χ2v) is 9.81. The van der Waals surface area contributed by atoms with Crippen molar-refractivity contribution in [3.63, 3.8) is 0 Å². The van der Waals surface area contributed by atoms with Crippen LogP contribution in [0.5, 0.6) is 0 Å². The zero-order valence-electron chi connectivity index (χ0n) is 18.4. The third-order valence-electron chi connectivity index (χ3n) is 7.90. The molecule has 2 aliphatic carbocycles. The molecular formula is C28H36F2. The van der Waals surface area contributed by atoms with Crippen LogP contribution in [-0.2, 0) is 6.42 Å². The number of hydrogen-bond donors (Lipinski definition) is 0. The van der Waals surface area contributed by atoms with Crippen LogP contribution in [0.25, 0.3) is 10.8 Å². The van der Waals surface area contributed by atoms with Crippen molar-refractivity contribution in [3.8, 4) is 0 Å². The molecule has 2 saturated carbocycles. The minimum absolute atomic E-state index is 0.190. The first-order valence-corrected chi connectivity index (χ1v) is 12.1. The SMILES string of the molecule is C=CCCc1c(F)cc2cc(C3CCC4CC(CCCC)CCC4C3)ccc2c1F. The normalized spacial score (nSPS) is 26.5. The zero-order valence-corrected chi connectivity index (χ0v) is 18.4. The molecular weight excluding hydrogens is 374 g/mol. The second-order valence-electron chi connectivity index (χ2n) is 9.81. The Morgan fingerprint density at radius 3 is 2.63 bits per heavy atom. The monoisotopic (exact) mass is 410 g/mol. The van der Waals surface area contributed by atoms with Crippen molar-refractivity contribution in [1.29, 1.82) is 0 Å². The van der Waals surface area contributed by atoms with Crippen molar-refractivity contribution >= 4 is 10.8 Å². The first-order valence-electron chi connectivity index (χ1n) is 12.1. The number of fused-ring (bicyclic) bond motifs is 2. The van der Waals surface area contributed by atoms with E-state index < -0.39 is 11.6 Å². The Balaban J connectivity index is 1.49. The molecule has 2 fully saturated rings. The Morgan fingerprint density at radius 1 is 1.03 bits per heavy atom. The Kier molecular flexibility index (Phi) is 6.91. The van der Waals surface area contributed by atoms with E-state index in [2.05, 4.69) is 25.6 Å². The molecule has 0 N–H and O–H groups in total. The largest absolute Gasteiger partial charge is 0.207 e. The van der Waals surface area contributed by atoms with E-state index in [9.17, 15) is 8.78 Å². The third-order valence-corrected chi connectivity index (χ3v) is 7.90. The van der Waals surface area contributed by atoms with Crippen molar-refractivity contribution in [2.24, 2.45) is 17.8 Å². The number of benzene rings is 2. The molecule has 0 heterocycles. The molecule has 0 saturated heterocycles. The average molecular weight is 411 g/mol. The fourth-order valence-corrected chi connectivity index (χ4v) is 6.17. The van der Waals surface area contributed by atoms with Crippen molar-refractivity contribution in [3.05, 3.63) is 59.7 Å². The lowest BCUT2D eigenvalue weighted by molar-refractivity contribution is 0.113. The minimum Gasteiger partial charge on any atom is -0.207 e. The summed E-state index contributed by atoms with van der Waals surface area (Å²) in [7, 11) is 0. The summed E-state index contributed by atoms with van der Waals surface area (Å²) in [6.45, 7) is 5.95. The predicted octanol–water partition coefficient (Wildman–Crippen LogP) is 8.73. The van der Waals surface area contributed by atoms with Crippen LogP contribution in [-0.4, -0.2) is 0 Å². The van der Waals surface area contributed by atoms with Gasteiger partial charge in [-0.05, 0) is 85.6 Å². The maximum absolute atomic E-state index is 14.9. The quantitative estimate of drug-likeness (QED) is 0.400. The van der Waals surface area contributed by atoms with Gasteiger partial charge in [0.25, 0.3) is 0 Å². The fourth-order valence-electron chi connectivity index (χ4n) is 6.17. The molecule has 0 spiro atoms. The fraction of sp³-hybridized carbons (Fsp3) is 0.571. The van der Waals surface area contributed by atoms with Gasteiger partial charge >= 0.3 is 0 Å². The van der Waals surface area contributed by atoms with E-state index >= 15 is 0 Å². The van der Waals surface area contributed by atoms with Crippen molar-refractivity contribution in [2.45, 2.75) is 83.5 Å². The smallest absolute Gasteiger partial charge is 0.137 e. The van der Waals surface area contributed by atoms with Crippen molar-refractivity contribution in [2.75, 3.05) is 0 Å². The van der Waals surface area contributed by atoms with E-state index in [-0.39, 0.29) is 5.56 Å². The van der Waals surface area contributed by atoms with Crippen LogP contribution in [0, 0.1) is 29.4 Å². The first kappa shape index (κ1) is 21.5. The molecule has 0 aromatic heterocycles. The van der Waals surface area contributed by atoms with Crippen LogP contribution in [0.4, 0.5) is 8.78 Å². The van der Waals surface area contributed by atoms with E-state index in [0.29, 0.717) is 29.5 Å². The van der Waals surface area contributed by atoms with Gasteiger partial charge in [0.1, 0.15) is 11.6 Å². The maximum Gasteiger partial charge on any atom is 0.137 e. The van der Waals surface area contributed by atoms with Crippen LogP contribution < -0.4 is 0 Å². The number of unbranched alkanes of at least 4 members (excludes halogenated alkanes) is 1. The average Bonchev–Trinajstić information content (AvgIpc) is 2.76. The van der Waals surface area contributed by atoms with Gasteiger partial charge in [-0.25, -0.2) is 8.78 Å². The molecule has 2 aliphatic rings. The number of hydrogen-bond acceptors (Lipinski definition) is 0. The maximum atomic E-state index is 14.9. The molecule has 2 aromatic rings. The van der Waals surface area contributed by atoms with Crippen LogP contribution in [0.3, 0.4) is 0 Å². The molecule has 2 heteroatoms. The molecule has 2 aromatic carbocycles. The van der Waals surface area contributed by atoms with Gasteiger partial charge in [0.15, 0.2) is 0 Å². The molecule has 0 bridgehead atoms. The Hall–Kier alpha value is -1.70. The van der Waals surface area contributed by atoms with Gasteiger partial charge < -0.3 is 0 Å². The predicted molar refractivity (Wildman–Crippen MR) is 123 cm³/mol. The molecule has 162 valence electrons. The summed E-state index contributed by atoms with van der Waals surface area (Å²) in [4.78, 5) is 0. The van der Waals surface area contributed by atoms with Crippen molar-refractivity contribution in [1.82, 2.24) is 0 Å². The zero-order chi connectivity index (χ0) is 21.1. The first-order chi connectivity index (χ1) is 14.6. The molecule has 0 radical (unpaired) electrons. The number of rotatable bonds is 7. The van der Waals surface area contributed by atoms with Gasteiger partial charge in [0.2, 0.25) is 0 Å². The van der Waals surface area contributed by atoms with E-state index in [0.717, 1.165) is 17.8 Å². The summed E-state index contributed by atoms with van der Waals surface area (Å²) in [6, 6.07) is 7.56. The summed E-state index contributed by atoms with van der Waals surface area (Å²) in [5.41, 5.74) is 1.46. The lowest BCUT2D eigenvalue weighted by Crippen LogP contribution is -2.30. The highest BCUT2D eigenvalue weighted by Crippen LogP contribution is 2.48. The van der Waals surface area contributed by atoms with Gasteiger partial charge in [-0.2, -0.15) is 0 Å². The highest BCUT2D eigenvalue weighted by atomic mass is 19.1. The summed E-state index contributed by atoms with van der Waals surface area (Å²) in [5, 5.41) is 1.25. The van der Waals surface area contributed by atoms with Crippen LogP contribution in [0.2, 0.25) is 0 Å². The molecule has 4 rings (SSSR count). The Morgan fingerprint density at radius 2 is 1.83 bits per heavy atom. The topological polar surface area (TPSA) is 0 Å². The lowest BCUT2D eigenvalue weighted by Gasteiger charge is -2.42. The Labute approximate surface area is 180 Å². The van der Waals surface area contributed by atoms with Gasteiger partial charge in [-0.1, -0.05) is 56.9 Å². The second kappa shape index (κ2) is 9.62. The molecule has 4 unspecified atom stereocenters. The van der Waals surface area contributed by atoms with Crippen LogP contribution in [0.1, 0.15) is 88.2 Å². The van der Waals surface area contributed by atoms with Crippen LogP contribution >= 0.6 is 0 Å². The van der Waals surface area contributed by atoms with E-state index in [1.807, 2.05) is 6.07 Å². The summed E-state index contributed by atoms with van der Waals surface area (Å²) in [5.74, 6) is 2.41.